The first-order valence-electron chi connectivity index (χ1n) is 5.48. The lowest BCUT2D eigenvalue weighted by molar-refractivity contribution is -0.139. The molecule has 0 radical (unpaired) electrons. The number of rotatable bonds is 7. The molecule has 0 heterocycles. The molecule has 3 amide bonds. The van der Waals surface area contributed by atoms with Crippen LogP contribution in [0.2, 0.25) is 0 Å². The molecule has 0 fully saturated rings. The summed E-state index contributed by atoms with van der Waals surface area (Å²) in [6, 6.07) is -1.54. The Balaban J connectivity index is 4.38. The molecule has 0 aromatic rings. The quantitative estimate of drug-likeness (QED) is 0.574. The van der Waals surface area contributed by atoms with Gasteiger partial charge in [-0.05, 0) is 20.3 Å². The van der Waals surface area contributed by atoms with Crippen LogP contribution in [0.25, 0.3) is 0 Å². The molecule has 0 saturated heterocycles. The molecule has 1 unspecified atom stereocenters. The van der Waals surface area contributed by atoms with E-state index >= 15 is 0 Å². The molecule has 0 saturated carbocycles. The van der Waals surface area contributed by atoms with Gasteiger partial charge in [0.1, 0.15) is 6.04 Å². The third-order valence-electron chi connectivity index (χ3n) is 2.33. The Morgan fingerprint density at radius 2 is 1.82 bits per heavy atom. The number of primary amides is 1. The lowest BCUT2D eigenvalue weighted by Crippen LogP contribution is -2.48. The van der Waals surface area contributed by atoms with Crippen molar-refractivity contribution in [1.82, 2.24) is 10.2 Å². The fourth-order valence-corrected chi connectivity index (χ4v) is 1.30. The Hall–Kier alpha value is -1.79. The van der Waals surface area contributed by atoms with E-state index in [0.29, 0.717) is 13.1 Å². The van der Waals surface area contributed by atoms with Crippen LogP contribution in [0.5, 0.6) is 0 Å². The number of amides is 3. The first kappa shape index (κ1) is 15.2. The molecule has 0 spiro atoms. The van der Waals surface area contributed by atoms with E-state index in [1.54, 1.807) is 13.8 Å². The predicted molar refractivity (Wildman–Crippen MR) is 61.3 cm³/mol. The summed E-state index contributed by atoms with van der Waals surface area (Å²) in [6.45, 7) is 4.57. The Morgan fingerprint density at radius 3 is 2.18 bits per heavy atom. The van der Waals surface area contributed by atoms with Gasteiger partial charge in [0.2, 0.25) is 5.91 Å². The first-order valence-corrected chi connectivity index (χ1v) is 5.48. The van der Waals surface area contributed by atoms with Crippen molar-refractivity contribution in [3.05, 3.63) is 0 Å². The van der Waals surface area contributed by atoms with Crippen LogP contribution in [-0.4, -0.2) is 47.0 Å². The van der Waals surface area contributed by atoms with Crippen LogP contribution in [0.4, 0.5) is 4.79 Å². The molecule has 7 heteroatoms. The maximum Gasteiger partial charge on any atom is 0.326 e. The lowest BCUT2D eigenvalue weighted by atomic mass is 10.1. The summed E-state index contributed by atoms with van der Waals surface area (Å²) in [7, 11) is 0. The molecule has 0 rings (SSSR count). The number of carbonyl (C=O) groups excluding carboxylic acids is 2. The van der Waals surface area contributed by atoms with Gasteiger partial charge in [0.05, 0.1) is 0 Å². The third kappa shape index (κ3) is 5.74. The summed E-state index contributed by atoms with van der Waals surface area (Å²) in [4.78, 5) is 34.5. The van der Waals surface area contributed by atoms with Gasteiger partial charge in [0, 0.05) is 19.5 Å². The van der Waals surface area contributed by atoms with E-state index in [1.807, 2.05) is 0 Å². The highest BCUT2D eigenvalue weighted by Gasteiger charge is 2.22. The number of carbonyl (C=O) groups is 3. The van der Waals surface area contributed by atoms with Crippen LogP contribution in [0.15, 0.2) is 0 Å². The molecule has 98 valence electrons. The third-order valence-corrected chi connectivity index (χ3v) is 2.33. The maximum atomic E-state index is 11.6. The molecule has 0 bridgehead atoms. The van der Waals surface area contributed by atoms with Crippen molar-refractivity contribution in [2.75, 3.05) is 13.1 Å². The van der Waals surface area contributed by atoms with E-state index in [4.69, 9.17) is 10.8 Å². The highest BCUT2D eigenvalue weighted by molar-refractivity contribution is 5.83. The molecular formula is C10H19N3O4. The lowest BCUT2D eigenvalue weighted by Gasteiger charge is -2.22. The van der Waals surface area contributed by atoms with Gasteiger partial charge in [0.15, 0.2) is 0 Å². The van der Waals surface area contributed by atoms with E-state index in [2.05, 4.69) is 5.32 Å². The molecule has 1 atom stereocenters. The van der Waals surface area contributed by atoms with Gasteiger partial charge in [-0.3, -0.25) is 4.79 Å². The maximum absolute atomic E-state index is 11.6. The zero-order valence-electron chi connectivity index (χ0n) is 10.1. The molecule has 7 nitrogen and oxygen atoms in total. The molecule has 0 aliphatic heterocycles. The van der Waals surface area contributed by atoms with E-state index < -0.39 is 23.9 Å². The van der Waals surface area contributed by atoms with Crippen molar-refractivity contribution < 1.29 is 19.5 Å². The van der Waals surface area contributed by atoms with Gasteiger partial charge in [-0.2, -0.15) is 0 Å². The monoisotopic (exact) mass is 245 g/mol. The number of nitrogens with one attached hydrogen (secondary N) is 1. The number of carboxylic acid groups (broad SMARTS) is 1. The fraction of sp³-hybridized carbons (Fsp3) is 0.700. The summed E-state index contributed by atoms with van der Waals surface area (Å²) in [5.74, 6) is -1.76. The SMILES string of the molecule is CCN(CC)C(=O)NC(CCC(N)=O)C(=O)O. The number of nitrogens with two attached hydrogens (primary N) is 1. The van der Waals surface area contributed by atoms with Crippen molar-refractivity contribution in [2.45, 2.75) is 32.7 Å². The van der Waals surface area contributed by atoms with Gasteiger partial charge >= 0.3 is 12.0 Å². The van der Waals surface area contributed by atoms with Gasteiger partial charge in [0.25, 0.3) is 0 Å². The molecule has 17 heavy (non-hydrogen) atoms. The van der Waals surface area contributed by atoms with Crippen LogP contribution >= 0.6 is 0 Å². The van der Waals surface area contributed by atoms with E-state index in [-0.39, 0.29) is 12.8 Å². The Labute approximate surface area is 100.0 Å². The van der Waals surface area contributed by atoms with Gasteiger partial charge in [-0.1, -0.05) is 0 Å². The average molecular weight is 245 g/mol. The first-order chi connectivity index (χ1) is 7.92. The summed E-state index contributed by atoms with van der Waals surface area (Å²) < 4.78 is 0. The van der Waals surface area contributed by atoms with Crippen LogP contribution in [0.1, 0.15) is 26.7 Å². The van der Waals surface area contributed by atoms with Crippen LogP contribution < -0.4 is 11.1 Å². The van der Waals surface area contributed by atoms with Crippen LogP contribution in [0, 0.1) is 0 Å². The number of carboxylic acids is 1. The molecule has 0 aliphatic rings. The smallest absolute Gasteiger partial charge is 0.326 e. The second-order valence-corrected chi connectivity index (χ2v) is 3.52. The van der Waals surface area contributed by atoms with E-state index in [0.717, 1.165) is 0 Å². The summed E-state index contributed by atoms with van der Waals surface area (Å²) in [5, 5.41) is 11.2. The molecule has 0 aliphatic carbocycles. The number of hydrogen-bond acceptors (Lipinski definition) is 3. The van der Waals surface area contributed by atoms with Crippen molar-refractivity contribution in [2.24, 2.45) is 5.73 Å². The molecular weight excluding hydrogens is 226 g/mol. The van der Waals surface area contributed by atoms with Crippen molar-refractivity contribution in [1.29, 1.82) is 0 Å². The topological polar surface area (TPSA) is 113 Å². The fourth-order valence-electron chi connectivity index (χ4n) is 1.30. The minimum Gasteiger partial charge on any atom is -0.480 e. The second-order valence-electron chi connectivity index (χ2n) is 3.52. The molecule has 4 N–H and O–H groups in total. The molecule has 0 aromatic heterocycles. The normalized spacial score (nSPS) is 11.6. The zero-order chi connectivity index (χ0) is 13.4. The van der Waals surface area contributed by atoms with E-state index in [9.17, 15) is 14.4 Å². The Morgan fingerprint density at radius 1 is 1.29 bits per heavy atom. The Kier molecular flexibility index (Phi) is 6.69. The van der Waals surface area contributed by atoms with Crippen molar-refractivity contribution in [3.8, 4) is 0 Å². The van der Waals surface area contributed by atoms with Gasteiger partial charge in [-0.15, -0.1) is 0 Å². The largest absolute Gasteiger partial charge is 0.480 e. The summed E-state index contributed by atoms with van der Waals surface area (Å²) in [5.41, 5.74) is 4.93. The highest BCUT2D eigenvalue weighted by atomic mass is 16.4. The van der Waals surface area contributed by atoms with Gasteiger partial charge in [-0.25, -0.2) is 9.59 Å². The summed E-state index contributed by atoms with van der Waals surface area (Å²) >= 11 is 0. The Bertz CT molecular complexity index is 289. The van der Waals surface area contributed by atoms with Crippen LogP contribution in [-0.2, 0) is 9.59 Å². The summed E-state index contributed by atoms with van der Waals surface area (Å²) in [6.07, 6.45) is -0.0762. The number of nitrogens with zero attached hydrogens (tertiary/aromatic N) is 1. The average Bonchev–Trinajstić information content (AvgIpc) is 2.25. The molecule has 0 aromatic carbocycles. The number of hydrogen-bond donors (Lipinski definition) is 3. The second kappa shape index (κ2) is 7.48. The minimum atomic E-state index is -1.17. The highest BCUT2D eigenvalue weighted by Crippen LogP contribution is 1.99. The van der Waals surface area contributed by atoms with Crippen molar-refractivity contribution >= 4 is 17.9 Å². The van der Waals surface area contributed by atoms with Crippen molar-refractivity contribution in [3.63, 3.8) is 0 Å². The predicted octanol–water partition coefficient (Wildman–Crippen LogP) is -0.243. The number of urea groups is 1. The standard InChI is InChI=1S/C10H19N3O4/c1-3-13(4-2)10(17)12-7(9(15)16)5-6-8(11)14/h7H,3-6H2,1-2H3,(H2,11,14)(H,12,17)(H,15,16). The zero-order valence-corrected chi connectivity index (χ0v) is 10.1. The number of aliphatic carboxylic acids is 1. The van der Waals surface area contributed by atoms with E-state index in [1.165, 1.54) is 4.90 Å². The minimum absolute atomic E-state index is 0.00231. The van der Waals surface area contributed by atoms with Crippen LogP contribution in [0.3, 0.4) is 0 Å². The van der Waals surface area contributed by atoms with Gasteiger partial charge < -0.3 is 21.1 Å².